The summed E-state index contributed by atoms with van der Waals surface area (Å²) < 4.78 is 4.43. The van der Waals surface area contributed by atoms with Gasteiger partial charge >= 0.3 is 5.97 Å². The van der Waals surface area contributed by atoms with Crippen molar-refractivity contribution in [1.29, 1.82) is 0 Å². The van der Waals surface area contributed by atoms with E-state index in [2.05, 4.69) is 11.7 Å². The van der Waals surface area contributed by atoms with Gasteiger partial charge in [-0.1, -0.05) is 37.4 Å². The molecule has 0 bridgehead atoms. The molecule has 0 aliphatic carbocycles. The molecule has 2 nitrogen and oxygen atoms in total. The number of carbonyl (C=O) groups is 1. The highest BCUT2D eigenvalue weighted by Gasteiger charge is 1.92. The lowest BCUT2D eigenvalue weighted by molar-refractivity contribution is -0.134. The Kier molecular flexibility index (Phi) is 8.34. The molecular weight excluding hydrogens is 200 g/mol. The van der Waals surface area contributed by atoms with Gasteiger partial charge in [0, 0.05) is 11.1 Å². The molecule has 0 fully saturated rings. The lowest BCUT2D eigenvalue weighted by atomic mass is 10.2. The molecule has 0 aromatic carbocycles. The van der Waals surface area contributed by atoms with E-state index < -0.39 is 0 Å². The predicted octanol–water partition coefficient (Wildman–Crippen LogP) is 3.42. The van der Waals surface area contributed by atoms with E-state index in [1.54, 1.807) is 12.2 Å². The number of hydrogen-bond acceptors (Lipinski definition) is 2. The molecule has 0 N–H and O–H groups in total. The quantitative estimate of drug-likeness (QED) is 0.294. The minimum Gasteiger partial charge on any atom is -0.466 e. The Morgan fingerprint density at radius 1 is 1.43 bits per heavy atom. The largest absolute Gasteiger partial charge is 0.466 e. The summed E-state index contributed by atoms with van der Waals surface area (Å²) in [6.45, 7) is 2.15. The van der Waals surface area contributed by atoms with Crippen LogP contribution in [-0.4, -0.2) is 13.1 Å². The van der Waals surface area contributed by atoms with Crippen LogP contribution in [0, 0.1) is 0 Å². The Balaban J connectivity index is 3.75. The molecule has 0 amide bonds. The molecule has 0 radical (unpaired) electrons. The van der Waals surface area contributed by atoms with Gasteiger partial charge in [-0.2, -0.15) is 0 Å². The van der Waals surface area contributed by atoms with Crippen molar-refractivity contribution in [2.45, 2.75) is 32.6 Å². The first-order valence-corrected chi connectivity index (χ1v) is 5.19. The SMILES string of the molecule is CCCCC/C(Cl)=C/C=C\C(=O)OC. The summed E-state index contributed by atoms with van der Waals surface area (Å²) in [4.78, 5) is 10.7. The first-order chi connectivity index (χ1) is 6.70. The van der Waals surface area contributed by atoms with Gasteiger partial charge in [0.1, 0.15) is 0 Å². The van der Waals surface area contributed by atoms with Crippen LogP contribution in [0.3, 0.4) is 0 Å². The Morgan fingerprint density at radius 2 is 2.14 bits per heavy atom. The van der Waals surface area contributed by atoms with Gasteiger partial charge < -0.3 is 4.74 Å². The van der Waals surface area contributed by atoms with E-state index in [1.165, 1.54) is 26.0 Å². The van der Waals surface area contributed by atoms with E-state index in [4.69, 9.17) is 11.6 Å². The molecule has 0 spiro atoms. The number of rotatable bonds is 6. The average molecular weight is 217 g/mol. The zero-order chi connectivity index (χ0) is 10.8. The number of hydrogen-bond donors (Lipinski definition) is 0. The summed E-state index contributed by atoms with van der Waals surface area (Å²) in [5, 5.41) is 0.776. The first-order valence-electron chi connectivity index (χ1n) is 4.81. The van der Waals surface area contributed by atoms with Crippen LogP contribution in [0.1, 0.15) is 32.6 Å². The molecule has 3 heteroatoms. The standard InChI is InChI=1S/C11H17ClO2/c1-3-4-5-7-10(12)8-6-9-11(13)14-2/h6,8-9H,3-5,7H2,1-2H3/b9-6-,10-8-. The average Bonchev–Trinajstić information content (AvgIpc) is 2.18. The molecule has 80 valence electrons. The zero-order valence-corrected chi connectivity index (χ0v) is 9.51. The van der Waals surface area contributed by atoms with Crippen molar-refractivity contribution < 1.29 is 9.53 Å². The smallest absolute Gasteiger partial charge is 0.330 e. The minimum absolute atomic E-state index is 0.362. The molecule has 0 aliphatic heterocycles. The van der Waals surface area contributed by atoms with Crippen molar-refractivity contribution >= 4 is 17.6 Å². The predicted molar refractivity (Wildman–Crippen MR) is 59.2 cm³/mol. The fourth-order valence-corrected chi connectivity index (χ4v) is 1.13. The van der Waals surface area contributed by atoms with E-state index >= 15 is 0 Å². The summed E-state index contributed by atoms with van der Waals surface area (Å²) in [5.41, 5.74) is 0. The molecule has 0 saturated carbocycles. The van der Waals surface area contributed by atoms with Crippen molar-refractivity contribution in [3.8, 4) is 0 Å². The van der Waals surface area contributed by atoms with Gasteiger partial charge in [0.15, 0.2) is 0 Å². The molecule has 0 atom stereocenters. The lowest BCUT2D eigenvalue weighted by Crippen LogP contribution is -1.92. The monoisotopic (exact) mass is 216 g/mol. The fourth-order valence-electron chi connectivity index (χ4n) is 0.926. The van der Waals surface area contributed by atoms with E-state index in [-0.39, 0.29) is 5.97 Å². The van der Waals surface area contributed by atoms with Crippen LogP contribution in [0.15, 0.2) is 23.3 Å². The van der Waals surface area contributed by atoms with Crippen molar-refractivity contribution in [3.05, 3.63) is 23.3 Å². The minimum atomic E-state index is -0.362. The number of unbranched alkanes of at least 4 members (excludes halogenated alkanes) is 2. The van der Waals surface area contributed by atoms with Crippen LogP contribution >= 0.6 is 11.6 Å². The summed E-state index contributed by atoms with van der Waals surface area (Å²) in [5.74, 6) is -0.362. The molecule has 0 saturated heterocycles. The molecule has 0 rings (SSSR count). The Labute approximate surface area is 90.6 Å². The van der Waals surface area contributed by atoms with Crippen LogP contribution in [0.5, 0.6) is 0 Å². The summed E-state index contributed by atoms with van der Waals surface area (Å²) >= 11 is 5.90. The summed E-state index contributed by atoms with van der Waals surface area (Å²) in [6, 6.07) is 0. The van der Waals surface area contributed by atoms with Crippen LogP contribution in [-0.2, 0) is 9.53 Å². The van der Waals surface area contributed by atoms with E-state index in [0.717, 1.165) is 17.9 Å². The maximum atomic E-state index is 10.7. The maximum absolute atomic E-state index is 10.7. The third-order valence-electron chi connectivity index (χ3n) is 1.73. The normalized spacial score (nSPS) is 12.1. The molecule has 0 aliphatic rings. The van der Waals surface area contributed by atoms with Gasteiger partial charge in [-0.15, -0.1) is 0 Å². The Morgan fingerprint density at radius 3 is 2.71 bits per heavy atom. The van der Waals surface area contributed by atoms with E-state index in [1.807, 2.05) is 0 Å². The van der Waals surface area contributed by atoms with Crippen molar-refractivity contribution in [2.75, 3.05) is 7.11 Å². The second kappa shape index (κ2) is 8.82. The number of halogens is 1. The summed E-state index contributed by atoms with van der Waals surface area (Å²) in [7, 11) is 1.35. The highest BCUT2D eigenvalue weighted by atomic mass is 35.5. The van der Waals surface area contributed by atoms with Crippen molar-refractivity contribution in [1.82, 2.24) is 0 Å². The van der Waals surface area contributed by atoms with Gasteiger partial charge in [-0.25, -0.2) is 4.79 Å². The second-order valence-electron chi connectivity index (χ2n) is 2.95. The van der Waals surface area contributed by atoms with Gasteiger partial charge in [-0.05, 0) is 18.9 Å². The topological polar surface area (TPSA) is 26.3 Å². The van der Waals surface area contributed by atoms with Crippen LogP contribution in [0.4, 0.5) is 0 Å². The Bertz CT molecular complexity index is 219. The van der Waals surface area contributed by atoms with Crippen molar-refractivity contribution in [2.24, 2.45) is 0 Å². The highest BCUT2D eigenvalue weighted by Crippen LogP contribution is 2.12. The van der Waals surface area contributed by atoms with Crippen LogP contribution in [0.25, 0.3) is 0 Å². The van der Waals surface area contributed by atoms with Gasteiger partial charge in [0.2, 0.25) is 0 Å². The van der Waals surface area contributed by atoms with Crippen LogP contribution in [0.2, 0.25) is 0 Å². The van der Waals surface area contributed by atoms with E-state index in [9.17, 15) is 4.79 Å². The third kappa shape index (κ3) is 7.87. The van der Waals surface area contributed by atoms with E-state index in [0.29, 0.717) is 0 Å². The molecule has 0 aromatic heterocycles. The first kappa shape index (κ1) is 13.2. The molecule has 0 aromatic rings. The molecular formula is C11H17ClO2. The molecule has 14 heavy (non-hydrogen) atoms. The number of ether oxygens (including phenoxy) is 1. The number of esters is 1. The fraction of sp³-hybridized carbons (Fsp3) is 0.545. The number of methoxy groups -OCH3 is 1. The lowest BCUT2D eigenvalue weighted by Gasteiger charge is -1.95. The van der Waals surface area contributed by atoms with Crippen LogP contribution < -0.4 is 0 Å². The highest BCUT2D eigenvalue weighted by molar-refractivity contribution is 6.29. The van der Waals surface area contributed by atoms with Gasteiger partial charge in [0.05, 0.1) is 7.11 Å². The van der Waals surface area contributed by atoms with Crippen molar-refractivity contribution in [3.63, 3.8) is 0 Å². The number of allylic oxidation sites excluding steroid dienone is 3. The second-order valence-corrected chi connectivity index (χ2v) is 3.44. The van der Waals surface area contributed by atoms with Gasteiger partial charge in [0.25, 0.3) is 0 Å². The zero-order valence-electron chi connectivity index (χ0n) is 8.75. The van der Waals surface area contributed by atoms with Gasteiger partial charge in [-0.3, -0.25) is 0 Å². The third-order valence-corrected chi connectivity index (χ3v) is 2.04. The Hall–Kier alpha value is -0.760. The number of carbonyl (C=O) groups excluding carboxylic acids is 1. The molecule has 0 heterocycles. The summed E-state index contributed by atoms with van der Waals surface area (Å²) in [6.07, 6.45) is 9.03. The molecule has 0 unspecified atom stereocenters. The maximum Gasteiger partial charge on any atom is 0.330 e.